The lowest BCUT2D eigenvalue weighted by molar-refractivity contribution is 0.0600. The van der Waals surface area contributed by atoms with Gasteiger partial charge in [0.25, 0.3) is 11.9 Å². The topological polar surface area (TPSA) is 84.7 Å². The van der Waals surface area contributed by atoms with Crippen molar-refractivity contribution < 1.29 is 18.7 Å². The van der Waals surface area contributed by atoms with E-state index < -0.39 is 5.97 Å². The number of ether oxygens (including phenoxy) is 1. The number of nitrogens with zero attached hydrogens (tertiary/aromatic N) is 2. The Morgan fingerprint density at radius 3 is 2.48 bits per heavy atom. The average Bonchev–Trinajstić information content (AvgIpc) is 3.21. The van der Waals surface area contributed by atoms with Crippen molar-refractivity contribution in [1.82, 2.24) is 10.3 Å². The predicted molar refractivity (Wildman–Crippen MR) is 109 cm³/mol. The van der Waals surface area contributed by atoms with Gasteiger partial charge in [0.1, 0.15) is 5.52 Å². The quantitative estimate of drug-likeness (QED) is 0.670. The monoisotopic (exact) mass is 393 g/mol. The number of piperidine rings is 1. The summed E-state index contributed by atoms with van der Waals surface area (Å²) in [5.41, 5.74) is 2.63. The van der Waals surface area contributed by atoms with Gasteiger partial charge in [-0.15, -0.1) is 0 Å². The van der Waals surface area contributed by atoms with Crippen LogP contribution in [0.15, 0.2) is 52.9 Å². The minimum absolute atomic E-state index is 0.136. The molecule has 0 aliphatic carbocycles. The van der Waals surface area contributed by atoms with Crippen LogP contribution in [-0.4, -0.2) is 43.6 Å². The van der Waals surface area contributed by atoms with E-state index in [1.54, 1.807) is 24.3 Å². The number of oxazole rings is 1. The lowest BCUT2D eigenvalue weighted by Gasteiger charge is -2.30. The number of anilines is 1. The summed E-state index contributed by atoms with van der Waals surface area (Å²) in [7, 11) is 1.33. The first kappa shape index (κ1) is 19.0. The Hall–Kier alpha value is -3.35. The zero-order valence-electron chi connectivity index (χ0n) is 16.3. The minimum Gasteiger partial charge on any atom is -0.465 e. The fourth-order valence-corrected chi connectivity index (χ4v) is 3.54. The molecule has 0 radical (unpaired) electrons. The highest BCUT2D eigenvalue weighted by Crippen LogP contribution is 2.26. The van der Waals surface area contributed by atoms with Gasteiger partial charge < -0.3 is 19.4 Å². The lowest BCUT2D eigenvalue weighted by atomic mass is 9.97. The number of aromatic nitrogens is 1. The van der Waals surface area contributed by atoms with Crippen LogP contribution in [0.25, 0.3) is 11.1 Å². The molecule has 29 heavy (non-hydrogen) atoms. The highest BCUT2D eigenvalue weighted by atomic mass is 16.5. The van der Waals surface area contributed by atoms with Crippen LogP contribution in [-0.2, 0) is 4.74 Å². The van der Waals surface area contributed by atoms with E-state index >= 15 is 0 Å². The zero-order valence-corrected chi connectivity index (χ0v) is 16.3. The number of methoxy groups -OCH3 is 1. The van der Waals surface area contributed by atoms with Gasteiger partial charge in [0, 0.05) is 25.2 Å². The van der Waals surface area contributed by atoms with Crippen molar-refractivity contribution in [3.63, 3.8) is 0 Å². The van der Waals surface area contributed by atoms with E-state index in [0.29, 0.717) is 29.6 Å². The second-order valence-electron chi connectivity index (χ2n) is 7.17. The number of amides is 1. The van der Waals surface area contributed by atoms with Gasteiger partial charge in [-0.1, -0.05) is 12.1 Å². The highest BCUT2D eigenvalue weighted by Gasteiger charge is 2.23. The van der Waals surface area contributed by atoms with Gasteiger partial charge in [-0.2, -0.15) is 4.98 Å². The Kier molecular flexibility index (Phi) is 5.46. The molecule has 2 aromatic carbocycles. The summed E-state index contributed by atoms with van der Waals surface area (Å²) in [5, 5.41) is 2.99. The third-order valence-electron chi connectivity index (χ3n) is 5.29. The van der Waals surface area contributed by atoms with Crippen LogP contribution in [0.4, 0.5) is 6.01 Å². The van der Waals surface area contributed by atoms with Crippen LogP contribution in [0.1, 0.15) is 33.6 Å². The number of carbonyl (C=O) groups excluding carboxylic acids is 2. The third kappa shape index (κ3) is 4.23. The van der Waals surface area contributed by atoms with E-state index in [1.165, 1.54) is 7.11 Å². The number of rotatable bonds is 5. The molecule has 4 rings (SSSR count). The molecule has 1 amide bonds. The molecule has 7 nitrogen and oxygen atoms in total. The first-order chi connectivity index (χ1) is 14.1. The zero-order chi connectivity index (χ0) is 20.2. The van der Waals surface area contributed by atoms with Gasteiger partial charge in [-0.05, 0) is 55.2 Å². The second-order valence-corrected chi connectivity index (χ2v) is 7.17. The maximum absolute atomic E-state index is 12.4. The van der Waals surface area contributed by atoms with Crippen LogP contribution in [0, 0.1) is 5.92 Å². The van der Waals surface area contributed by atoms with E-state index in [2.05, 4.69) is 19.9 Å². The van der Waals surface area contributed by atoms with Gasteiger partial charge >= 0.3 is 5.97 Å². The summed E-state index contributed by atoms with van der Waals surface area (Å²) in [4.78, 5) is 30.5. The van der Waals surface area contributed by atoms with Crippen molar-refractivity contribution in [1.29, 1.82) is 0 Å². The van der Waals surface area contributed by atoms with Gasteiger partial charge in [0.2, 0.25) is 0 Å². The van der Waals surface area contributed by atoms with Crippen molar-refractivity contribution >= 4 is 29.0 Å². The van der Waals surface area contributed by atoms with Crippen LogP contribution >= 0.6 is 0 Å². The number of fused-ring (bicyclic) bond motifs is 1. The SMILES string of the molecule is COC(=O)c1ccc(C(=O)NCC2CCN(c3nc4ccccc4o3)CC2)cc1. The molecule has 1 N–H and O–H groups in total. The third-order valence-corrected chi connectivity index (χ3v) is 5.29. The average molecular weight is 393 g/mol. The molecule has 2 heterocycles. The molecule has 7 heteroatoms. The maximum atomic E-state index is 12.4. The maximum Gasteiger partial charge on any atom is 0.337 e. The second kappa shape index (κ2) is 8.34. The Morgan fingerprint density at radius 2 is 1.79 bits per heavy atom. The normalized spacial score (nSPS) is 14.7. The number of benzene rings is 2. The van der Waals surface area contributed by atoms with E-state index in [0.717, 1.165) is 37.0 Å². The van der Waals surface area contributed by atoms with E-state index in [1.807, 2.05) is 24.3 Å². The highest BCUT2D eigenvalue weighted by molar-refractivity contribution is 5.96. The molecule has 3 aromatic rings. The number of carbonyl (C=O) groups is 2. The summed E-state index contributed by atoms with van der Waals surface area (Å²) in [6.45, 7) is 2.32. The van der Waals surface area contributed by atoms with Crippen LogP contribution in [0.3, 0.4) is 0 Å². The summed E-state index contributed by atoms with van der Waals surface area (Å²) in [6.07, 6.45) is 1.92. The standard InChI is InChI=1S/C22H23N3O4/c1-28-21(27)17-8-6-16(7-9-17)20(26)23-14-15-10-12-25(13-11-15)22-24-18-4-2-3-5-19(18)29-22/h2-9,15H,10-14H2,1H3,(H,23,26). The molecule has 1 saturated heterocycles. The Bertz CT molecular complexity index is 971. The van der Waals surface area contributed by atoms with Crippen molar-refractivity contribution in [3.8, 4) is 0 Å². The molecule has 1 aliphatic rings. The number of nitrogens with one attached hydrogen (secondary N) is 1. The fourth-order valence-electron chi connectivity index (χ4n) is 3.54. The molecule has 1 aromatic heterocycles. The summed E-state index contributed by atoms with van der Waals surface area (Å²) >= 11 is 0. The molecule has 150 valence electrons. The van der Waals surface area contributed by atoms with E-state index in [-0.39, 0.29) is 5.91 Å². The van der Waals surface area contributed by atoms with Crippen molar-refractivity contribution in [2.75, 3.05) is 31.6 Å². The number of para-hydroxylation sites is 2. The Labute approximate surface area is 168 Å². The van der Waals surface area contributed by atoms with Crippen LogP contribution in [0.2, 0.25) is 0 Å². The summed E-state index contributed by atoms with van der Waals surface area (Å²) in [5.74, 6) is -0.139. The number of hydrogen-bond acceptors (Lipinski definition) is 6. The molecule has 0 unspecified atom stereocenters. The summed E-state index contributed by atoms with van der Waals surface area (Å²) < 4.78 is 10.5. The summed E-state index contributed by atoms with van der Waals surface area (Å²) in [6, 6.07) is 14.9. The molecule has 0 spiro atoms. The smallest absolute Gasteiger partial charge is 0.337 e. The van der Waals surface area contributed by atoms with Gasteiger partial charge in [0.15, 0.2) is 5.58 Å². The van der Waals surface area contributed by atoms with Crippen molar-refractivity contribution in [3.05, 3.63) is 59.7 Å². The molecule has 1 aliphatic heterocycles. The largest absolute Gasteiger partial charge is 0.465 e. The first-order valence-corrected chi connectivity index (χ1v) is 9.71. The van der Waals surface area contributed by atoms with Gasteiger partial charge in [0.05, 0.1) is 12.7 Å². The van der Waals surface area contributed by atoms with Crippen LogP contribution in [0.5, 0.6) is 0 Å². The van der Waals surface area contributed by atoms with E-state index in [4.69, 9.17) is 4.42 Å². The van der Waals surface area contributed by atoms with Crippen LogP contribution < -0.4 is 10.2 Å². The Morgan fingerprint density at radius 1 is 1.10 bits per heavy atom. The van der Waals surface area contributed by atoms with Gasteiger partial charge in [-0.3, -0.25) is 4.79 Å². The first-order valence-electron chi connectivity index (χ1n) is 9.71. The lowest BCUT2D eigenvalue weighted by Crippen LogP contribution is -2.38. The predicted octanol–water partition coefficient (Wildman–Crippen LogP) is 3.26. The fraction of sp³-hybridized carbons (Fsp3) is 0.318. The molecule has 1 fully saturated rings. The molecule has 0 bridgehead atoms. The Balaban J connectivity index is 1.27. The number of hydrogen-bond donors (Lipinski definition) is 1. The number of esters is 1. The van der Waals surface area contributed by atoms with Crippen molar-refractivity contribution in [2.45, 2.75) is 12.8 Å². The molecular formula is C22H23N3O4. The molecular weight excluding hydrogens is 370 g/mol. The van der Waals surface area contributed by atoms with Crippen molar-refractivity contribution in [2.24, 2.45) is 5.92 Å². The minimum atomic E-state index is -0.414. The molecule has 0 saturated carbocycles. The van der Waals surface area contributed by atoms with E-state index in [9.17, 15) is 9.59 Å². The molecule has 0 atom stereocenters. The van der Waals surface area contributed by atoms with Gasteiger partial charge in [-0.25, -0.2) is 4.79 Å².